The van der Waals surface area contributed by atoms with Gasteiger partial charge in [0.15, 0.2) is 0 Å². The summed E-state index contributed by atoms with van der Waals surface area (Å²) in [7, 11) is 0. The lowest BCUT2D eigenvalue weighted by Gasteiger charge is -1.72. The van der Waals surface area contributed by atoms with E-state index in [2.05, 4.69) is 39.2 Å². The van der Waals surface area contributed by atoms with Gasteiger partial charge in [-0.25, -0.2) is 0 Å². The molecule has 0 aromatic heterocycles. The molecular formula is C10H18. The molecule has 0 aromatic rings. The van der Waals surface area contributed by atoms with Gasteiger partial charge in [-0.05, 0) is 12.8 Å². The first-order valence-corrected chi connectivity index (χ1v) is 3.71. The minimum absolute atomic E-state index is 1.17. The molecule has 0 fully saturated rings. The molecule has 0 amide bonds. The standard InChI is InChI=1S/C6H12.C4H6/c1-3-5-6-4-2;1-3-4-2/h5-6H,3-4H2,1-2H3;3-4H,1-2H2/b6-5-;. The number of hydrogen-bond acceptors (Lipinski definition) is 0. The Bertz CT molecular complexity index is 76.2. The predicted octanol–water partition coefficient (Wildman–Crippen LogP) is 3.72. The summed E-state index contributed by atoms with van der Waals surface area (Å²) in [5, 5.41) is 0. The van der Waals surface area contributed by atoms with Crippen molar-refractivity contribution in [3.05, 3.63) is 37.5 Å². The Labute approximate surface area is 65.0 Å². The maximum Gasteiger partial charge on any atom is -0.0379 e. The average molecular weight is 138 g/mol. The van der Waals surface area contributed by atoms with Gasteiger partial charge in [0.1, 0.15) is 0 Å². The minimum Gasteiger partial charge on any atom is -0.0991 e. The molecule has 0 N–H and O–H groups in total. The Morgan fingerprint density at radius 3 is 1.30 bits per heavy atom. The quantitative estimate of drug-likeness (QED) is 0.412. The first-order valence-electron chi connectivity index (χ1n) is 3.71. The van der Waals surface area contributed by atoms with Crippen LogP contribution in [0.15, 0.2) is 37.5 Å². The largest absolute Gasteiger partial charge is 0.0991 e. The van der Waals surface area contributed by atoms with Crippen molar-refractivity contribution in [2.45, 2.75) is 26.7 Å². The minimum atomic E-state index is 1.17. The Balaban J connectivity index is 0. The number of rotatable bonds is 3. The normalized spacial score (nSPS) is 8.20. The summed E-state index contributed by atoms with van der Waals surface area (Å²) in [6, 6.07) is 0. The molecule has 0 spiro atoms. The van der Waals surface area contributed by atoms with Gasteiger partial charge >= 0.3 is 0 Å². The third kappa shape index (κ3) is 26.9. The van der Waals surface area contributed by atoms with Gasteiger partial charge in [-0.2, -0.15) is 0 Å². The van der Waals surface area contributed by atoms with Crippen molar-refractivity contribution in [3.8, 4) is 0 Å². The summed E-state index contributed by atoms with van der Waals surface area (Å²) in [6.45, 7) is 11.0. The molecule has 0 saturated carbocycles. The summed E-state index contributed by atoms with van der Waals surface area (Å²) >= 11 is 0. The van der Waals surface area contributed by atoms with Crippen LogP contribution in [0.2, 0.25) is 0 Å². The van der Waals surface area contributed by atoms with E-state index >= 15 is 0 Å². The number of allylic oxidation sites excluding steroid dienone is 4. The maximum absolute atomic E-state index is 3.36. The molecule has 0 aliphatic carbocycles. The van der Waals surface area contributed by atoms with Gasteiger partial charge in [-0.3, -0.25) is 0 Å². The third-order valence-electron chi connectivity index (χ3n) is 0.805. The second-order valence-corrected chi connectivity index (χ2v) is 1.76. The van der Waals surface area contributed by atoms with Crippen LogP contribution in [0.1, 0.15) is 26.7 Å². The summed E-state index contributed by atoms with van der Waals surface area (Å²) in [5.74, 6) is 0. The van der Waals surface area contributed by atoms with E-state index in [0.717, 1.165) is 0 Å². The third-order valence-corrected chi connectivity index (χ3v) is 0.805. The van der Waals surface area contributed by atoms with Crippen molar-refractivity contribution < 1.29 is 0 Å². The maximum atomic E-state index is 3.36. The van der Waals surface area contributed by atoms with Gasteiger partial charge in [0.25, 0.3) is 0 Å². The first kappa shape index (κ1) is 12.0. The van der Waals surface area contributed by atoms with Crippen LogP contribution in [0.3, 0.4) is 0 Å². The van der Waals surface area contributed by atoms with Gasteiger partial charge in [0.2, 0.25) is 0 Å². The monoisotopic (exact) mass is 138 g/mol. The summed E-state index contributed by atoms with van der Waals surface area (Å²) in [6.07, 6.45) is 9.99. The van der Waals surface area contributed by atoms with Crippen molar-refractivity contribution in [3.63, 3.8) is 0 Å². The highest BCUT2D eigenvalue weighted by Gasteiger charge is 1.60. The Morgan fingerprint density at radius 2 is 1.20 bits per heavy atom. The van der Waals surface area contributed by atoms with E-state index in [4.69, 9.17) is 0 Å². The molecule has 0 unspecified atom stereocenters. The molecule has 10 heavy (non-hydrogen) atoms. The summed E-state index contributed by atoms with van der Waals surface area (Å²) in [4.78, 5) is 0. The predicted molar refractivity (Wildman–Crippen MR) is 50.1 cm³/mol. The Hall–Kier alpha value is -0.780. The van der Waals surface area contributed by atoms with Gasteiger partial charge in [0.05, 0.1) is 0 Å². The molecule has 0 aromatic carbocycles. The lowest BCUT2D eigenvalue weighted by Crippen LogP contribution is -1.51. The van der Waals surface area contributed by atoms with Gasteiger partial charge in [-0.15, -0.1) is 0 Å². The van der Waals surface area contributed by atoms with Crippen LogP contribution in [0.25, 0.3) is 0 Å². The van der Waals surface area contributed by atoms with E-state index in [1.54, 1.807) is 12.2 Å². The summed E-state index contributed by atoms with van der Waals surface area (Å²) in [5.41, 5.74) is 0. The van der Waals surface area contributed by atoms with E-state index in [1.807, 2.05) is 0 Å². The average Bonchev–Trinajstić information content (AvgIpc) is 2.01. The molecule has 0 saturated heterocycles. The highest BCUT2D eigenvalue weighted by atomic mass is 13.7. The SMILES string of the molecule is C=CC=C.CC/C=C\CC. The van der Waals surface area contributed by atoms with Crippen LogP contribution in [0.4, 0.5) is 0 Å². The molecule has 0 heterocycles. The van der Waals surface area contributed by atoms with Crippen LogP contribution in [-0.2, 0) is 0 Å². The van der Waals surface area contributed by atoms with Crippen molar-refractivity contribution in [1.29, 1.82) is 0 Å². The zero-order chi connectivity index (χ0) is 8.24. The van der Waals surface area contributed by atoms with E-state index in [-0.39, 0.29) is 0 Å². The molecule has 0 rings (SSSR count). The lowest BCUT2D eigenvalue weighted by atomic mass is 10.4. The van der Waals surface area contributed by atoms with Crippen molar-refractivity contribution >= 4 is 0 Å². The lowest BCUT2D eigenvalue weighted by molar-refractivity contribution is 1.16. The molecule has 0 radical (unpaired) electrons. The molecular weight excluding hydrogens is 120 g/mol. The van der Waals surface area contributed by atoms with E-state index in [9.17, 15) is 0 Å². The van der Waals surface area contributed by atoms with Gasteiger partial charge in [0, 0.05) is 0 Å². The van der Waals surface area contributed by atoms with Crippen molar-refractivity contribution in [1.82, 2.24) is 0 Å². The second-order valence-electron chi connectivity index (χ2n) is 1.76. The van der Waals surface area contributed by atoms with Crippen LogP contribution in [0, 0.1) is 0 Å². The fraction of sp³-hybridized carbons (Fsp3) is 0.400. The summed E-state index contributed by atoms with van der Waals surface area (Å²) < 4.78 is 0. The van der Waals surface area contributed by atoms with Crippen LogP contribution < -0.4 is 0 Å². The Kier molecular flexibility index (Phi) is 18.8. The van der Waals surface area contributed by atoms with Crippen LogP contribution in [0.5, 0.6) is 0 Å². The zero-order valence-electron chi connectivity index (χ0n) is 7.14. The van der Waals surface area contributed by atoms with Crippen molar-refractivity contribution in [2.75, 3.05) is 0 Å². The molecule has 0 bridgehead atoms. The van der Waals surface area contributed by atoms with Crippen LogP contribution in [-0.4, -0.2) is 0 Å². The van der Waals surface area contributed by atoms with E-state index < -0.39 is 0 Å². The molecule has 0 nitrogen and oxygen atoms in total. The van der Waals surface area contributed by atoms with Crippen molar-refractivity contribution in [2.24, 2.45) is 0 Å². The molecule has 58 valence electrons. The van der Waals surface area contributed by atoms with Gasteiger partial charge < -0.3 is 0 Å². The van der Waals surface area contributed by atoms with Gasteiger partial charge in [-0.1, -0.05) is 51.3 Å². The van der Waals surface area contributed by atoms with E-state index in [0.29, 0.717) is 0 Å². The first-order chi connectivity index (χ1) is 4.83. The topological polar surface area (TPSA) is 0 Å². The molecule has 0 aliphatic rings. The highest BCUT2D eigenvalue weighted by Crippen LogP contribution is 1.81. The fourth-order valence-electron chi connectivity index (χ4n) is 0.333. The second kappa shape index (κ2) is 15.7. The van der Waals surface area contributed by atoms with E-state index in [1.165, 1.54) is 12.8 Å². The van der Waals surface area contributed by atoms with Crippen LogP contribution >= 0.6 is 0 Å². The highest BCUT2D eigenvalue weighted by molar-refractivity contribution is 4.88. The zero-order valence-corrected chi connectivity index (χ0v) is 7.14. The number of hydrogen-bond donors (Lipinski definition) is 0. The smallest absolute Gasteiger partial charge is 0.0379 e. The fourth-order valence-corrected chi connectivity index (χ4v) is 0.333. The molecule has 0 atom stereocenters. The molecule has 0 aliphatic heterocycles. The molecule has 0 heteroatoms. The Morgan fingerprint density at radius 1 is 0.900 bits per heavy atom.